The number of quaternary nitrogens is 4. The highest BCUT2D eigenvalue weighted by atomic mass is 32.2. The molecule has 9 rings (SSSR count). The van der Waals surface area contributed by atoms with Crippen molar-refractivity contribution < 1.29 is 51.6 Å². The van der Waals surface area contributed by atoms with Gasteiger partial charge in [-0.2, -0.15) is 0 Å². The van der Waals surface area contributed by atoms with Gasteiger partial charge in [0.2, 0.25) is 40.1 Å². The quantitative estimate of drug-likeness (QED) is 0.0158. The van der Waals surface area contributed by atoms with Crippen molar-refractivity contribution in [1.29, 1.82) is 0 Å². The highest BCUT2D eigenvalue weighted by molar-refractivity contribution is 7.90. The summed E-state index contributed by atoms with van der Waals surface area (Å²) < 4.78 is 129. The molecular formula is C68H102N16O8S4+4. The van der Waals surface area contributed by atoms with Crippen LogP contribution in [0.5, 0.6) is 0 Å². The molecule has 0 saturated carbocycles. The van der Waals surface area contributed by atoms with Crippen molar-refractivity contribution in [3.63, 3.8) is 0 Å². The molecule has 96 heavy (non-hydrogen) atoms. The van der Waals surface area contributed by atoms with Crippen LogP contribution in [-0.2, 0) is 40.1 Å². The largest absolute Gasteiger partial charge is 0.328 e. The summed E-state index contributed by atoms with van der Waals surface area (Å²) in [5.74, 6) is 0.313. The number of rotatable bonds is 36. The lowest BCUT2D eigenvalue weighted by Crippen LogP contribution is -2.42. The molecule has 4 aromatic carbocycles. The zero-order chi connectivity index (χ0) is 69.5. The zero-order valence-corrected chi connectivity index (χ0v) is 61.5. The van der Waals surface area contributed by atoms with E-state index in [0.29, 0.717) is 63.9 Å². The normalized spacial score (nSPS) is 13.5. The summed E-state index contributed by atoms with van der Waals surface area (Å²) in [5, 5.41) is 1.54. The van der Waals surface area contributed by atoms with Crippen LogP contribution < -0.4 is 18.9 Å². The second-order valence-corrected chi connectivity index (χ2v) is 35.5. The smallest absolute Gasteiger partial charge is 0.240 e. The van der Waals surface area contributed by atoms with E-state index >= 15 is 0 Å². The molecule has 0 atom stereocenters. The van der Waals surface area contributed by atoms with E-state index in [1.54, 1.807) is 24.3 Å². The van der Waals surface area contributed by atoms with Gasteiger partial charge in [0.25, 0.3) is 0 Å². The Morgan fingerprint density at radius 1 is 0.302 bits per heavy atom. The minimum Gasteiger partial charge on any atom is -0.328 e. The first kappa shape index (κ1) is 74.0. The van der Waals surface area contributed by atoms with Crippen LogP contribution in [0.2, 0.25) is 0 Å². The maximum absolute atomic E-state index is 14.3. The van der Waals surface area contributed by atoms with Crippen molar-refractivity contribution in [2.24, 2.45) is 0 Å². The van der Waals surface area contributed by atoms with Crippen molar-refractivity contribution in [2.75, 3.05) is 135 Å². The molecule has 0 saturated heterocycles. The predicted octanol–water partition coefficient (Wildman–Crippen LogP) is 9.05. The number of nitrogens with zero attached hydrogens (tertiary/aromatic N) is 10. The van der Waals surface area contributed by atoms with Gasteiger partial charge in [-0.25, -0.2) is 82.5 Å². The molecule has 6 N–H and O–H groups in total. The number of H-pyrrole nitrogens is 2. The molecule has 0 unspecified atom stereocenters. The summed E-state index contributed by atoms with van der Waals surface area (Å²) in [6.45, 7) is 16.3. The summed E-state index contributed by atoms with van der Waals surface area (Å²) in [7, 11) is 0.705. The van der Waals surface area contributed by atoms with E-state index in [4.69, 9.17) is 29.9 Å². The van der Waals surface area contributed by atoms with Gasteiger partial charge in [-0.1, -0.05) is 53.4 Å². The van der Waals surface area contributed by atoms with Crippen LogP contribution >= 0.6 is 0 Å². The molecule has 8 bridgehead atoms. The van der Waals surface area contributed by atoms with Crippen LogP contribution in [-0.4, -0.2) is 226 Å². The highest BCUT2D eigenvalue weighted by Gasteiger charge is 2.29. The van der Waals surface area contributed by atoms with Gasteiger partial charge >= 0.3 is 0 Å². The van der Waals surface area contributed by atoms with Crippen molar-refractivity contribution in [1.82, 2.24) is 58.8 Å². The molecular weight excluding hydrogens is 1300 g/mol. The van der Waals surface area contributed by atoms with Gasteiger partial charge in [0, 0.05) is 95.7 Å². The van der Waals surface area contributed by atoms with Gasteiger partial charge < -0.3 is 27.9 Å². The van der Waals surface area contributed by atoms with Crippen LogP contribution in [0, 0.1) is 0 Å². The first-order valence-electron chi connectivity index (χ1n) is 34.0. The Kier molecular flexibility index (Phi) is 23.5. The number of hydrogen-bond donors (Lipinski definition) is 6. The topological polar surface area (TPSA) is 294 Å². The molecule has 0 aliphatic carbocycles. The molecule has 0 radical (unpaired) electrons. The van der Waals surface area contributed by atoms with Gasteiger partial charge in [0.05, 0.1) is 128 Å². The molecule has 0 amide bonds. The Labute approximate surface area is 568 Å². The number of unbranched alkanes of at least 4 members (excludes halogenated alkanes) is 4. The molecule has 28 heteroatoms. The number of benzene rings is 4. The monoisotopic (exact) mass is 1400 g/mol. The Bertz CT molecular complexity index is 4610. The number of hydrogen-bond acceptors (Lipinski definition) is 14. The van der Waals surface area contributed by atoms with Gasteiger partial charge in [-0.05, 0) is 98.5 Å². The van der Waals surface area contributed by atoms with Crippen LogP contribution in [0.4, 0.5) is 0 Å². The molecule has 3 aromatic heterocycles. The molecule has 0 spiro atoms. The number of aromatic amines is 2. The van der Waals surface area contributed by atoms with Gasteiger partial charge in [0.15, 0.2) is 23.3 Å². The minimum atomic E-state index is -4.12. The number of nitrogens with one attached hydrogen (secondary N) is 6. The third kappa shape index (κ3) is 18.3. The van der Waals surface area contributed by atoms with Crippen molar-refractivity contribution in [3.05, 3.63) is 72.8 Å². The minimum absolute atomic E-state index is 0.0162. The standard InChI is InChI=1S/C68H102N16O8S4/c1-13-17-37-81(5,6)41-21-33-69-93(85,86)49-25-29-53-57(45-49)65-74-61(53)73-62-54-30-26-50(94(87,88)70-34-22-42-82(7,8)38-18-14-2)46-58(54)66(75-62)77-64-56-32-28-52(96(91,92)72-36-24-44-84(11,12)40-20-16-4)48-60(56)68(79-64)80-67-59-47-51(27-31-55(59)63(76-65)78-67)95(89,90)71-35-23-43-83(9,10)39-19-15-3/h25-32,45-48,69-72H,13-24,33-44H2,1-12H3,(H2,73,74,75,76,77,78,79,80)/q+4. The molecule has 7 aromatic rings. The van der Waals surface area contributed by atoms with E-state index in [9.17, 15) is 33.7 Å². The SMILES string of the molecule is CCCC[N+](C)(C)CCCNS(=O)(=O)c1ccc2c(c1)-c1nc-2nc2[nH]c(nc3nc(nc4[nH]c(n1)c1ccc(S(=O)(=O)NCCC[N+](C)(C)CCCC)cc41)-c1cc(S(=O)(=O)NCCC[N+](C)(C)CCCC)ccc1-3)c1cc(S(=O)(=O)NCCC[N+](C)(C)CCCC)ccc21. The first-order chi connectivity index (χ1) is 45.3. The summed E-state index contributed by atoms with van der Waals surface area (Å²) in [6, 6.07) is 18.5. The molecule has 0 fully saturated rings. The summed E-state index contributed by atoms with van der Waals surface area (Å²) in [5.41, 5.74) is 2.10. The number of sulfonamides is 4. The number of fused-ring (bicyclic) bond motifs is 20. The Balaban J connectivity index is 1.24. The molecule has 5 heterocycles. The third-order valence-electron chi connectivity index (χ3n) is 18.4. The average Bonchev–Trinajstić information content (AvgIpc) is 1.59. The van der Waals surface area contributed by atoms with E-state index < -0.39 is 40.1 Å². The molecule has 522 valence electrons. The Morgan fingerprint density at radius 3 is 0.823 bits per heavy atom. The van der Waals surface area contributed by atoms with Crippen LogP contribution in [0.1, 0.15) is 105 Å². The van der Waals surface area contributed by atoms with E-state index in [0.717, 1.165) is 122 Å². The van der Waals surface area contributed by atoms with E-state index in [1.807, 2.05) is 0 Å². The predicted molar refractivity (Wildman–Crippen MR) is 382 cm³/mol. The summed E-state index contributed by atoms with van der Waals surface area (Å²) >= 11 is 0. The first-order valence-corrected chi connectivity index (χ1v) is 39.9. The Hall–Kier alpha value is -6.28. The van der Waals surface area contributed by atoms with Crippen LogP contribution in [0.25, 0.3) is 89.7 Å². The molecule has 24 nitrogen and oxygen atoms in total. The lowest BCUT2D eigenvalue weighted by Gasteiger charge is -2.29. The molecule has 2 aliphatic heterocycles. The summed E-state index contributed by atoms with van der Waals surface area (Å²) in [4.78, 5) is 37.0. The van der Waals surface area contributed by atoms with Gasteiger partial charge in [0.1, 0.15) is 22.6 Å². The van der Waals surface area contributed by atoms with Crippen LogP contribution in [0.15, 0.2) is 92.4 Å². The van der Waals surface area contributed by atoms with Gasteiger partial charge in [-0.15, -0.1) is 0 Å². The molecule has 2 aliphatic rings. The summed E-state index contributed by atoms with van der Waals surface area (Å²) in [6.07, 6.45) is 10.9. The second-order valence-electron chi connectivity index (χ2n) is 28.4. The Morgan fingerprint density at radius 2 is 0.542 bits per heavy atom. The fraction of sp³-hybridized carbons (Fsp3) is 0.529. The zero-order valence-electron chi connectivity index (χ0n) is 58.3. The third-order valence-corrected chi connectivity index (χ3v) is 24.2. The highest BCUT2D eigenvalue weighted by Crippen LogP contribution is 2.39. The maximum Gasteiger partial charge on any atom is 0.240 e. The fourth-order valence-electron chi connectivity index (χ4n) is 12.4. The second kappa shape index (κ2) is 30.5. The van der Waals surface area contributed by atoms with E-state index in [-0.39, 0.29) is 97.2 Å². The maximum atomic E-state index is 14.3. The lowest BCUT2D eigenvalue weighted by atomic mass is 10.1. The van der Waals surface area contributed by atoms with Gasteiger partial charge in [-0.3, -0.25) is 0 Å². The number of aromatic nitrogens is 8. The lowest BCUT2D eigenvalue weighted by molar-refractivity contribution is -0.890. The van der Waals surface area contributed by atoms with Crippen molar-refractivity contribution in [3.8, 4) is 45.6 Å². The van der Waals surface area contributed by atoms with Crippen LogP contribution in [0.3, 0.4) is 0 Å². The van der Waals surface area contributed by atoms with E-state index in [1.165, 1.54) is 48.5 Å². The van der Waals surface area contributed by atoms with Crippen molar-refractivity contribution >= 4 is 84.2 Å². The van der Waals surface area contributed by atoms with Crippen molar-refractivity contribution in [2.45, 2.75) is 124 Å². The average molecular weight is 1400 g/mol. The fourth-order valence-corrected chi connectivity index (χ4v) is 16.8. The van der Waals surface area contributed by atoms with E-state index in [2.05, 4.69) is 113 Å².